The molecule has 0 aliphatic rings. The minimum atomic E-state index is -0.424. The van der Waals surface area contributed by atoms with Gasteiger partial charge in [-0.2, -0.15) is 4.68 Å². The molecule has 0 aliphatic carbocycles. The third kappa shape index (κ3) is 2.10. The molecule has 2 aromatic carbocycles. The van der Waals surface area contributed by atoms with Crippen molar-refractivity contribution in [3.63, 3.8) is 0 Å². The Balaban J connectivity index is 2.18. The average molecular weight is 290 g/mol. The molecule has 0 atom stereocenters. The number of nitrogen functional groups attached to an aromatic ring is 1. The maximum Gasteiger partial charge on any atom is 0.188 e. The maximum atomic E-state index is 13.8. The van der Waals surface area contributed by atoms with Gasteiger partial charge in [-0.15, -0.1) is 5.10 Å². The van der Waals surface area contributed by atoms with Crippen LogP contribution < -0.4 is 5.73 Å². The second-order valence-electron chi connectivity index (χ2n) is 4.10. The molecule has 0 aliphatic heterocycles. The second kappa shape index (κ2) is 4.90. The zero-order chi connectivity index (χ0) is 14.1. The Kier molecular flexibility index (Phi) is 3.08. The molecule has 0 radical (unpaired) electrons. The van der Waals surface area contributed by atoms with Gasteiger partial charge in [0.25, 0.3) is 0 Å². The minimum absolute atomic E-state index is 0.250. The fraction of sp³-hybridized carbons (Fsp3) is 0. The predicted molar refractivity (Wildman–Crippen MR) is 74.0 cm³/mol. The monoisotopic (exact) mass is 289 g/mol. The molecule has 0 bridgehead atoms. The van der Waals surface area contributed by atoms with Crippen LogP contribution in [0, 0.1) is 5.82 Å². The van der Waals surface area contributed by atoms with Crippen LogP contribution >= 0.6 is 11.6 Å². The van der Waals surface area contributed by atoms with Crippen LogP contribution in [0.25, 0.3) is 17.1 Å². The van der Waals surface area contributed by atoms with E-state index in [1.807, 2.05) is 0 Å². The van der Waals surface area contributed by atoms with Gasteiger partial charge < -0.3 is 5.73 Å². The van der Waals surface area contributed by atoms with E-state index in [0.717, 1.165) is 0 Å². The standard InChI is InChI=1S/C13H9ClFN5/c14-10-7-8(16)5-6-9(10)13-17-18-19-20(13)12-4-2-1-3-11(12)15/h1-7H,16H2. The summed E-state index contributed by atoms with van der Waals surface area (Å²) in [6.07, 6.45) is 0. The zero-order valence-corrected chi connectivity index (χ0v) is 10.9. The van der Waals surface area contributed by atoms with Gasteiger partial charge in [-0.1, -0.05) is 23.7 Å². The third-order valence-electron chi connectivity index (χ3n) is 2.78. The van der Waals surface area contributed by atoms with Crippen molar-refractivity contribution in [3.05, 3.63) is 53.3 Å². The largest absolute Gasteiger partial charge is 0.399 e. The van der Waals surface area contributed by atoms with Crippen LogP contribution in [0.2, 0.25) is 5.02 Å². The van der Waals surface area contributed by atoms with Crippen molar-refractivity contribution in [2.24, 2.45) is 0 Å². The van der Waals surface area contributed by atoms with E-state index in [4.69, 9.17) is 17.3 Å². The highest BCUT2D eigenvalue weighted by Crippen LogP contribution is 2.29. The lowest BCUT2D eigenvalue weighted by atomic mass is 10.2. The van der Waals surface area contributed by atoms with E-state index in [1.165, 1.54) is 10.7 Å². The topological polar surface area (TPSA) is 69.6 Å². The number of aromatic nitrogens is 4. The number of anilines is 1. The fourth-order valence-electron chi connectivity index (χ4n) is 1.85. The number of nitrogens with two attached hydrogens (primary N) is 1. The molecule has 1 heterocycles. The number of hydrogen-bond donors (Lipinski definition) is 1. The molecule has 7 heteroatoms. The Bertz CT molecular complexity index is 771. The molecule has 0 spiro atoms. The SMILES string of the molecule is Nc1ccc(-c2nnnn2-c2ccccc2F)c(Cl)c1. The molecule has 1 aromatic heterocycles. The molecule has 0 amide bonds. The average Bonchev–Trinajstić information content (AvgIpc) is 2.88. The second-order valence-corrected chi connectivity index (χ2v) is 4.51. The number of hydrogen-bond acceptors (Lipinski definition) is 4. The van der Waals surface area contributed by atoms with Crippen molar-refractivity contribution in [3.8, 4) is 17.1 Å². The van der Waals surface area contributed by atoms with E-state index in [1.54, 1.807) is 36.4 Å². The van der Waals surface area contributed by atoms with Crippen molar-refractivity contribution in [2.75, 3.05) is 5.73 Å². The van der Waals surface area contributed by atoms with Crippen LogP contribution in [0.1, 0.15) is 0 Å². The van der Waals surface area contributed by atoms with Gasteiger partial charge in [0.1, 0.15) is 11.5 Å². The summed E-state index contributed by atoms with van der Waals surface area (Å²) in [7, 11) is 0. The van der Waals surface area contributed by atoms with Gasteiger partial charge in [0, 0.05) is 11.3 Å². The van der Waals surface area contributed by atoms with Gasteiger partial charge in [-0.3, -0.25) is 0 Å². The molecule has 0 saturated heterocycles. The number of benzene rings is 2. The first-order chi connectivity index (χ1) is 9.66. The Hall–Kier alpha value is -2.47. The number of rotatable bonds is 2. The molecule has 20 heavy (non-hydrogen) atoms. The van der Waals surface area contributed by atoms with Crippen LogP contribution in [0.4, 0.5) is 10.1 Å². The summed E-state index contributed by atoms with van der Waals surface area (Å²) < 4.78 is 15.1. The summed E-state index contributed by atoms with van der Waals surface area (Å²) in [5.74, 6) is -0.0762. The summed E-state index contributed by atoms with van der Waals surface area (Å²) in [6, 6.07) is 11.2. The van der Waals surface area contributed by atoms with Crippen molar-refractivity contribution >= 4 is 17.3 Å². The lowest BCUT2D eigenvalue weighted by molar-refractivity contribution is 0.608. The van der Waals surface area contributed by atoms with Crippen LogP contribution in [-0.4, -0.2) is 20.2 Å². The van der Waals surface area contributed by atoms with Crippen molar-refractivity contribution < 1.29 is 4.39 Å². The number of nitrogens with zero attached hydrogens (tertiary/aromatic N) is 4. The fourth-order valence-corrected chi connectivity index (χ4v) is 2.13. The van der Waals surface area contributed by atoms with Crippen LogP contribution in [0.5, 0.6) is 0 Å². The van der Waals surface area contributed by atoms with E-state index in [-0.39, 0.29) is 5.69 Å². The Labute approximate surface area is 118 Å². The minimum Gasteiger partial charge on any atom is -0.399 e. The van der Waals surface area contributed by atoms with Gasteiger partial charge in [-0.25, -0.2) is 4.39 Å². The molecular formula is C13H9ClFN5. The number of halogens is 2. The lowest BCUT2D eigenvalue weighted by Gasteiger charge is -2.07. The summed E-state index contributed by atoms with van der Waals surface area (Å²) >= 11 is 6.14. The van der Waals surface area contributed by atoms with Gasteiger partial charge in [0.15, 0.2) is 5.82 Å². The molecule has 0 unspecified atom stereocenters. The lowest BCUT2D eigenvalue weighted by Crippen LogP contribution is -2.02. The van der Waals surface area contributed by atoms with Gasteiger partial charge >= 0.3 is 0 Å². The Morgan fingerprint density at radius 3 is 2.70 bits per heavy atom. The van der Waals surface area contributed by atoms with Gasteiger partial charge in [0.2, 0.25) is 0 Å². The molecule has 0 saturated carbocycles. The molecular weight excluding hydrogens is 281 g/mol. The first-order valence-electron chi connectivity index (χ1n) is 5.75. The number of para-hydroxylation sites is 1. The van der Waals surface area contributed by atoms with Crippen LogP contribution in [-0.2, 0) is 0 Å². The Morgan fingerprint density at radius 1 is 1.15 bits per heavy atom. The third-order valence-corrected chi connectivity index (χ3v) is 3.10. The molecule has 2 N–H and O–H groups in total. The quantitative estimate of drug-likeness (QED) is 0.736. The normalized spacial score (nSPS) is 10.7. The van der Waals surface area contributed by atoms with E-state index < -0.39 is 5.82 Å². The summed E-state index contributed by atoms with van der Waals surface area (Å²) in [5, 5.41) is 11.7. The first kappa shape index (κ1) is 12.6. The molecule has 100 valence electrons. The van der Waals surface area contributed by atoms with Crippen molar-refractivity contribution in [1.29, 1.82) is 0 Å². The van der Waals surface area contributed by atoms with E-state index in [2.05, 4.69) is 15.5 Å². The van der Waals surface area contributed by atoms with Crippen LogP contribution in [0.3, 0.4) is 0 Å². The zero-order valence-electron chi connectivity index (χ0n) is 10.2. The number of tetrazole rings is 1. The van der Waals surface area contributed by atoms with Crippen LogP contribution in [0.15, 0.2) is 42.5 Å². The summed E-state index contributed by atoms with van der Waals surface area (Å²) in [4.78, 5) is 0. The molecule has 5 nitrogen and oxygen atoms in total. The molecule has 3 rings (SSSR count). The highest BCUT2D eigenvalue weighted by Gasteiger charge is 2.16. The Morgan fingerprint density at radius 2 is 1.95 bits per heavy atom. The maximum absolute atomic E-state index is 13.8. The highest BCUT2D eigenvalue weighted by atomic mass is 35.5. The summed E-state index contributed by atoms with van der Waals surface area (Å²) in [5.41, 5.74) is 7.01. The smallest absolute Gasteiger partial charge is 0.188 e. The molecule has 3 aromatic rings. The van der Waals surface area contributed by atoms with Crippen molar-refractivity contribution in [1.82, 2.24) is 20.2 Å². The summed E-state index contributed by atoms with van der Waals surface area (Å²) in [6.45, 7) is 0. The van der Waals surface area contributed by atoms with Gasteiger partial charge in [0.05, 0.1) is 5.02 Å². The first-order valence-corrected chi connectivity index (χ1v) is 6.13. The molecule has 0 fully saturated rings. The van der Waals surface area contributed by atoms with E-state index in [9.17, 15) is 4.39 Å². The highest BCUT2D eigenvalue weighted by molar-refractivity contribution is 6.33. The van der Waals surface area contributed by atoms with E-state index >= 15 is 0 Å². The van der Waals surface area contributed by atoms with Crippen molar-refractivity contribution in [2.45, 2.75) is 0 Å². The predicted octanol–water partition coefficient (Wildman–Crippen LogP) is 2.70. The van der Waals surface area contributed by atoms with Gasteiger partial charge in [-0.05, 0) is 40.8 Å². The van der Waals surface area contributed by atoms with E-state index in [0.29, 0.717) is 22.1 Å².